The van der Waals surface area contributed by atoms with E-state index < -0.39 is 6.04 Å². The molecule has 20 heavy (non-hydrogen) atoms. The minimum Gasteiger partial charge on any atom is -0.409 e. The molecule has 0 saturated carbocycles. The predicted octanol–water partition coefficient (Wildman–Crippen LogP) is 0.562. The van der Waals surface area contributed by atoms with Crippen molar-refractivity contribution in [2.75, 3.05) is 13.2 Å². The van der Waals surface area contributed by atoms with Crippen LogP contribution in [0.2, 0.25) is 0 Å². The summed E-state index contributed by atoms with van der Waals surface area (Å²) in [5.74, 6) is -0.0750. The van der Waals surface area contributed by atoms with Gasteiger partial charge in [0, 0.05) is 6.61 Å². The molecule has 2 rings (SSSR count). The lowest BCUT2D eigenvalue weighted by atomic mass is 10.1. The summed E-state index contributed by atoms with van der Waals surface area (Å²) >= 11 is 0. The fourth-order valence-corrected chi connectivity index (χ4v) is 2.04. The number of urea groups is 1. The van der Waals surface area contributed by atoms with E-state index >= 15 is 0 Å². The Labute approximate surface area is 116 Å². The average molecular weight is 278 g/mol. The Bertz CT molecular complexity index is 472. The van der Waals surface area contributed by atoms with Gasteiger partial charge in [-0.2, -0.15) is 0 Å². The summed E-state index contributed by atoms with van der Waals surface area (Å²) in [6.45, 7) is 1.15. The Morgan fingerprint density at radius 1 is 1.45 bits per heavy atom. The zero-order valence-electron chi connectivity index (χ0n) is 11.0. The summed E-state index contributed by atoms with van der Waals surface area (Å²) in [5, 5.41) is 17.3. The summed E-state index contributed by atoms with van der Waals surface area (Å²) in [4.78, 5) is 11.9. The summed E-state index contributed by atoms with van der Waals surface area (Å²) in [5.41, 5.74) is 6.38. The molecular weight excluding hydrogens is 260 g/mol. The molecule has 1 heterocycles. The Morgan fingerprint density at radius 3 is 2.80 bits per heavy atom. The zero-order chi connectivity index (χ0) is 14.4. The maximum atomic E-state index is 11.9. The van der Waals surface area contributed by atoms with E-state index in [1.54, 1.807) is 12.1 Å². The van der Waals surface area contributed by atoms with E-state index in [1.807, 2.05) is 18.2 Å². The molecule has 5 N–H and O–H groups in total. The van der Waals surface area contributed by atoms with Crippen molar-refractivity contribution in [3.63, 3.8) is 0 Å². The van der Waals surface area contributed by atoms with Gasteiger partial charge in [0.25, 0.3) is 0 Å². The monoisotopic (exact) mass is 278 g/mol. The molecule has 108 valence electrons. The van der Waals surface area contributed by atoms with Crippen molar-refractivity contribution < 1.29 is 14.7 Å². The van der Waals surface area contributed by atoms with Gasteiger partial charge < -0.3 is 26.3 Å². The van der Waals surface area contributed by atoms with Crippen molar-refractivity contribution in [1.29, 1.82) is 0 Å². The van der Waals surface area contributed by atoms with Crippen molar-refractivity contribution in [3.8, 4) is 0 Å². The van der Waals surface area contributed by atoms with Crippen LogP contribution in [-0.2, 0) is 4.74 Å². The molecule has 1 aliphatic heterocycles. The zero-order valence-corrected chi connectivity index (χ0v) is 11.0. The van der Waals surface area contributed by atoms with Crippen molar-refractivity contribution in [1.82, 2.24) is 10.6 Å². The first-order chi connectivity index (χ1) is 9.70. The second-order valence-corrected chi connectivity index (χ2v) is 4.55. The second-order valence-electron chi connectivity index (χ2n) is 4.55. The fraction of sp³-hybridized carbons (Fsp3) is 0.385. The highest BCUT2D eigenvalue weighted by Gasteiger charge is 2.22. The van der Waals surface area contributed by atoms with E-state index in [-0.39, 0.29) is 17.9 Å². The molecule has 0 radical (unpaired) electrons. The summed E-state index contributed by atoms with van der Waals surface area (Å²) in [7, 11) is 0. The topological polar surface area (TPSA) is 109 Å². The van der Waals surface area contributed by atoms with Gasteiger partial charge >= 0.3 is 6.03 Å². The summed E-state index contributed by atoms with van der Waals surface area (Å²) in [6.07, 6.45) is 0.785. The number of oxime groups is 1. The molecule has 2 atom stereocenters. The Kier molecular flexibility index (Phi) is 4.78. The normalized spacial score (nSPS) is 20.4. The number of benzene rings is 1. The first-order valence-electron chi connectivity index (χ1n) is 6.38. The van der Waals surface area contributed by atoms with Crippen LogP contribution >= 0.6 is 0 Å². The van der Waals surface area contributed by atoms with Crippen LogP contribution in [0.1, 0.15) is 18.0 Å². The molecule has 0 bridgehead atoms. The highest BCUT2D eigenvalue weighted by molar-refractivity contribution is 5.90. The molecule has 2 amide bonds. The van der Waals surface area contributed by atoms with E-state index in [4.69, 9.17) is 15.7 Å². The molecule has 7 nitrogen and oxygen atoms in total. The number of hydrogen-bond donors (Lipinski definition) is 4. The molecule has 0 aliphatic carbocycles. The third kappa shape index (κ3) is 3.61. The molecule has 1 fully saturated rings. The molecule has 7 heteroatoms. The largest absolute Gasteiger partial charge is 0.409 e. The Balaban J connectivity index is 2.02. The highest BCUT2D eigenvalue weighted by Crippen LogP contribution is 2.13. The van der Waals surface area contributed by atoms with Gasteiger partial charge in [-0.15, -0.1) is 0 Å². The van der Waals surface area contributed by atoms with Gasteiger partial charge in [0.15, 0.2) is 5.84 Å². The van der Waals surface area contributed by atoms with Crippen LogP contribution in [0.15, 0.2) is 35.5 Å². The molecule has 1 aromatic rings. The van der Waals surface area contributed by atoms with Crippen LogP contribution in [-0.4, -0.2) is 36.3 Å². The van der Waals surface area contributed by atoms with E-state index in [1.165, 1.54) is 0 Å². The molecular formula is C13H18N4O3. The molecule has 0 aromatic heterocycles. The Morgan fingerprint density at radius 2 is 2.20 bits per heavy atom. The lowest BCUT2D eigenvalue weighted by Gasteiger charge is -2.19. The quantitative estimate of drug-likeness (QED) is 0.279. The molecule has 0 spiro atoms. The predicted molar refractivity (Wildman–Crippen MR) is 73.5 cm³/mol. The van der Waals surface area contributed by atoms with E-state index in [0.29, 0.717) is 13.2 Å². The van der Waals surface area contributed by atoms with E-state index in [0.717, 1.165) is 12.0 Å². The number of rotatable bonds is 4. The third-order valence-corrected chi connectivity index (χ3v) is 3.08. The smallest absolute Gasteiger partial charge is 0.315 e. The maximum absolute atomic E-state index is 11.9. The summed E-state index contributed by atoms with van der Waals surface area (Å²) in [6, 6.07) is 8.02. The molecule has 1 saturated heterocycles. The second kappa shape index (κ2) is 6.76. The van der Waals surface area contributed by atoms with Crippen LogP contribution in [0.25, 0.3) is 0 Å². The number of nitrogens with one attached hydrogen (secondary N) is 2. The number of ether oxygens (including phenoxy) is 1. The lowest BCUT2D eigenvalue weighted by Crippen LogP contribution is -2.46. The van der Waals surface area contributed by atoms with Crippen molar-refractivity contribution in [2.45, 2.75) is 18.5 Å². The number of hydrogen-bond acceptors (Lipinski definition) is 4. The molecule has 1 aliphatic rings. The first kappa shape index (κ1) is 14.1. The van der Waals surface area contributed by atoms with E-state index in [9.17, 15) is 4.79 Å². The van der Waals surface area contributed by atoms with Gasteiger partial charge in [-0.3, -0.25) is 0 Å². The minimum atomic E-state index is -0.677. The average Bonchev–Trinajstić information content (AvgIpc) is 2.97. The van der Waals surface area contributed by atoms with Crippen LogP contribution in [0.5, 0.6) is 0 Å². The van der Waals surface area contributed by atoms with Crippen molar-refractivity contribution >= 4 is 11.9 Å². The van der Waals surface area contributed by atoms with Gasteiger partial charge in [-0.25, -0.2) is 4.79 Å². The van der Waals surface area contributed by atoms with Crippen LogP contribution in [0.4, 0.5) is 4.79 Å². The van der Waals surface area contributed by atoms with Crippen LogP contribution < -0.4 is 16.4 Å². The van der Waals surface area contributed by atoms with Gasteiger partial charge in [-0.05, 0) is 12.0 Å². The number of nitrogens with two attached hydrogens (primary N) is 1. The molecule has 1 aromatic carbocycles. The van der Waals surface area contributed by atoms with Crippen LogP contribution in [0, 0.1) is 0 Å². The first-order valence-corrected chi connectivity index (χ1v) is 6.38. The number of nitrogens with zero attached hydrogens (tertiary/aromatic N) is 1. The maximum Gasteiger partial charge on any atom is 0.315 e. The van der Waals surface area contributed by atoms with Gasteiger partial charge in [0.05, 0.1) is 12.6 Å². The summed E-state index contributed by atoms with van der Waals surface area (Å²) < 4.78 is 5.19. The van der Waals surface area contributed by atoms with Crippen LogP contribution in [0.3, 0.4) is 0 Å². The Hall–Kier alpha value is -2.28. The molecule has 2 unspecified atom stereocenters. The highest BCUT2D eigenvalue weighted by atomic mass is 16.5. The third-order valence-electron chi connectivity index (χ3n) is 3.08. The SMILES string of the molecule is N/C(=N/O)C(NC(=O)NC1CCOC1)c1ccccc1. The number of carbonyl (C=O) groups is 1. The van der Waals surface area contributed by atoms with Gasteiger partial charge in [0.2, 0.25) is 0 Å². The lowest BCUT2D eigenvalue weighted by molar-refractivity contribution is 0.188. The van der Waals surface area contributed by atoms with Crippen molar-refractivity contribution in [2.24, 2.45) is 10.9 Å². The number of amidine groups is 1. The fourth-order valence-electron chi connectivity index (χ4n) is 2.04. The standard InChI is InChI=1S/C13H18N4O3/c14-12(17-19)11(9-4-2-1-3-5-9)16-13(18)15-10-6-7-20-8-10/h1-5,10-11,19H,6-8H2,(H2,14,17)(H2,15,16,18). The minimum absolute atomic E-state index is 0.00119. The number of amides is 2. The van der Waals surface area contributed by atoms with E-state index in [2.05, 4.69) is 15.8 Å². The van der Waals surface area contributed by atoms with Gasteiger partial charge in [-0.1, -0.05) is 35.5 Å². The number of carbonyl (C=O) groups excluding carboxylic acids is 1. The van der Waals surface area contributed by atoms with Gasteiger partial charge in [0.1, 0.15) is 6.04 Å². The van der Waals surface area contributed by atoms with Crippen molar-refractivity contribution in [3.05, 3.63) is 35.9 Å².